The lowest BCUT2D eigenvalue weighted by molar-refractivity contribution is 0.00299. The molecule has 2 fully saturated rings. The molecule has 2 amide bonds. The molecule has 1 aromatic carbocycles. The van der Waals surface area contributed by atoms with Gasteiger partial charge in [0.05, 0.1) is 12.1 Å². The number of aryl methyl sites for hydroxylation is 1. The van der Waals surface area contributed by atoms with Gasteiger partial charge in [0.25, 0.3) is 5.91 Å². The highest BCUT2D eigenvalue weighted by molar-refractivity contribution is 5.94. The molecule has 2 saturated heterocycles. The summed E-state index contributed by atoms with van der Waals surface area (Å²) >= 11 is 0. The first-order chi connectivity index (χ1) is 12.7. The normalized spacial score (nSPS) is 19.1. The predicted molar refractivity (Wildman–Crippen MR) is 96.5 cm³/mol. The summed E-state index contributed by atoms with van der Waals surface area (Å²) in [5.74, 6) is -2.12. The van der Waals surface area contributed by atoms with Gasteiger partial charge in [0, 0.05) is 32.5 Å². The highest BCUT2D eigenvalue weighted by Gasteiger charge is 2.47. The lowest BCUT2D eigenvalue weighted by atomic mass is 9.91. The number of ether oxygens (including phenoxy) is 1. The second kappa shape index (κ2) is 7.44. The molecule has 0 radical (unpaired) electrons. The van der Waals surface area contributed by atoms with Crippen molar-refractivity contribution in [2.45, 2.75) is 45.6 Å². The Hall–Kier alpha value is -2.18. The van der Waals surface area contributed by atoms with E-state index in [1.807, 2.05) is 0 Å². The number of benzene rings is 1. The van der Waals surface area contributed by atoms with Crippen LogP contribution in [-0.2, 0) is 4.74 Å². The molecule has 0 atom stereocenters. The highest BCUT2D eigenvalue weighted by atomic mass is 19.2. The number of nitrogens with zero attached hydrogens (tertiary/aromatic N) is 2. The molecule has 3 rings (SSSR count). The fourth-order valence-electron chi connectivity index (χ4n) is 3.64. The molecule has 0 bridgehead atoms. The minimum atomic E-state index is -1.10. The van der Waals surface area contributed by atoms with E-state index in [9.17, 15) is 18.4 Å². The van der Waals surface area contributed by atoms with Crippen molar-refractivity contribution >= 4 is 12.0 Å². The Bertz CT molecular complexity index is 743. The molecule has 1 spiro atoms. The highest BCUT2D eigenvalue weighted by Crippen LogP contribution is 2.34. The quantitative estimate of drug-likeness (QED) is 0.799. The average molecular weight is 380 g/mol. The molecule has 148 valence electrons. The first-order valence-corrected chi connectivity index (χ1v) is 9.44. The van der Waals surface area contributed by atoms with Crippen molar-refractivity contribution in [2.24, 2.45) is 5.92 Å². The Balaban J connectivity index is 1.63. The number of rotatable bonds is 4. The largest absolute Gasteiger partial charge is 0.441 e. The van der Waals surface area contributed by atoms with Crippen LogP contribution in [0.15, 0.2) is 12.1 Å². The monoisotopic (exact) mass is 380 g/mol. The predicted octanol–water partition coefficient (Wildman–Crippen LogP) is 3.75. The van der Waals surface area contributed by atoms with Gasteiger partial charge < -0.3 is 14.5 Å². The third-order valence-corrected chi connectivity index (χ3v) is 5.49. The van der Waals surface area contributed by atoms with Crippen molar-refractivity contribution in [3.8, 4) is 0 Å². The first-order valence-electron chi connectivity index (χ1n) is 9.44. The zero-order chi connectivity index (χ0) is 19.8. The van der Waals surface area contributed by atoms with Crippen LogP contribution in [0.25, 0.3) is 0 Å². The Morgan fingerprint density at radius 1 is 1.22 bits per heavy atom. The number of likely N-dealkylation sites (tertiary alicyclic amines) is 1. The van der Waals surface area contributed by atoms with E-state index >= 15 is 0 Å². The van der Waals surface area contributed by atoms with E-state index in [0.29, 0.717) is 44.9 Å². The maximum Gasteiger partial charge on any atom is 0.410 e. The van der Waals surface area contributed by atoms with Crippen LogP contribution in [0.1, 0.15) is 49.0 Å². The number of halogens is 2. The van der Waals surface area contributed by atoms with Crippen molar-refractivity contribution in [1.82, 2.24) is 9.80 Å². The van der Waals surface area contributed by atoms with E-state index in [1.54, 1.807) is 4.90 Å². The van der Waals surface area contributed by atoms with Crippen molar-refractivity contribution in [1.29, 1.82) is 0 Å². The topological polar surface area (TPSA) is 49.9 Å². The molecule has 0 aliphatic carbocycles. The Kier molecular flexibility index (Phi) is 5.40. The molecule has 0 aromatic heterocycles. The minimum absolute atomic E-state index is 0.168. The molecule has 1 aromatic rings. The summed E-state index contributed by atoms with van der Waals surface area (Å²) in [5, 5.41) is 0. The molecule has 2 aliphatic rings. The summed E-state index contributed by atoms with van der Waals surface area (Å²) in [5.41, 5.74) is -0.668. The van der Waals surface area contributed by atoms with Crippen molar-refractivity contribution < 1.29 is 23.1 Å². The van der Waals surface area contributed by atoms with Gasteiger partial charge in [-0.1, -0.05) is 19.9 Å². The molecule has 0 saturated carbocycles. The van der Waals surface area contributed by atoms with Crippen LogP contribution in [-0.4, -0.2) is 53.6 Å². The molecule has 27 heavy (non-hydrogen) atoms. The standard InChI is InChI=1S/C20H26F2N2O3/c1-13(2)6-9-24-12-20(27-19(24)26)7-10-23(11-8-20)18(25)15-5-4-14(3)16(21)17(15)22/h4-5,13H,6-12H2,1-3H3. The van der Waals surface area contributed by atoms with Gasteiger partial charge in [0.15, 0.2) is 11.6 Å². The summed E-state index contributed by atoms with van der Waals surface area (Å²) in [6, 6.07) is 2.73. The molecule has 2 aliphatic heterocycles. The van der Waals surface area contributed by atoms with E-state index in [4.69, 9.17) is 4.74 Å². The zero-order valence-corrected chi connectivity index (χ0v) is 16.1. The van der Waals surface area contributed by atoms with Gasteiger partial charge in [0.1, 0.15) is 5.60 Å². The molecular formula is C20H26F2N2O3. The summed E-state index contributed by atoms with van der Waals surface area (Å²) < 4.78 is 33.5. The van der Waals surface area contributed by atoms with E-state index in [2.05, 4.69) is 13.8 Å². The van der Waals surface area contributed by atoms with Crippen LogP contribution in [0.4, 0.5) is 13.6 Å². The van der Waals surface area contributed by atoms with Gasteiger partial charge in [-0.05, 0) is 30.9 Å². The van der Waals surface area contributed by atoms with Crippen LogP contribution in [0.3, 0.4) is 0 Å². The third kappa shape index (κ3) is 3.92. The van der Waals surface area contributed by atoms with Crippen LogP contribution < -0.4 is 0 Å². The maximum atomic E-state index is 14.1. The van der Waals surface area contributed by atoms with E-state index in [1.165, 1.54) is 24.0 Å². The van der Waals surface area contributed by atoms with Gasteiger partial charge in [-0.25, -0.2) is 13.6 Å². The van der Waals surface area contributed by atoms with Crippen molar-refractivity contribution in [3.05, 3.63) is 34.9 Å². The average Bonchev–Trinajstić information content (AvgIpc) is 2.93. The second-order valence-corrected chi connectivity index (χ2v) is 8.01. The van der Waals surface area contributed by atoms with E-state index < -0.39 is 23.1 Å². The maximum absolute atomic E-state index is 14.1. The SMILES string of the molecule is Cc1ccc(C(=O)N2CCC3(CC2)CN(CCC(C)C)C(=O)O3)c(F)c1F. The van der Waals surface area contributed by atoms with Crippen LogP contribution in [0, 0.1) is 24.5 Å². The number of hydrogen-bond donors (Lipinski definition) is 0. The minimum Gasteiger partial charge on any atom is -0.441 e. The molecule has 7 heteroatoms. The van der Waals surface area contributed by atoms with Crippen molar-refractivity contribution in [2.75, 3.05) is 26.2 Å². The number of carbonyl (C=O) groups is 2. The van der Waals surface area contributed by atoms with Gasteiger partial charge in [-0.15, -0.1) is 0 Å². The van der Waals surface area contributed by atoms with Gasteiger partial charge >= 0.3 is 6.09 Å². The van der Waals surface area contributed by atoms with Gasteiger partial charge in [-0.3, -0.25) is 4.79 Å². The molecule has 2 heterocycles. The fourth-order valence-corrected chi connectivity index (χ4v) is 3.64. The molecule has 0 unspecified atom stereocenters. The van der Waals surface area contributed by atoms with Crippen LogP contribution >= 0.6 is 0 Å². The number of hydrogen-bond acceptors (Lipinski definition) is 3. The number of piperidine rings is 1. The molecular weight excluding hydrogens is 354 g/mol. The third-order valence-electron chi connectivity index (χ3n) is 5.49. The molecule has 0 N–H and O–H groups in total. The lowest BCUT2D eigenvalue weighted by Crippen LogP contribution is -2.49. The van der Waals surface area contributed by atoms with E-state index in [0.717, 1.165) is 6.42 Å². The fraction of sp³-hybridized carbons (Fsp3) is 0.600. The zero-order valence-electron chi connectivity index (χ0n) is 16.1. The van der Waals surface area contributed by atoms with Gasteiger partial charge in [0.2, 0.25) is 0 Å². The number of amides is 2. The van der Waals surface area contributed by atoms with Gasteiger partial charge in [-0.2, -0.15) is 0 Å². The van der Waals surface area contributed by atoms with Crippen molar-refractivity contribution in [3.63, 3.8) is 0 Å². The van der Waals surface area contributed by atoms with E-state index in [-0.39, 0.29) is 17.2 Å². The Labute approximate surface area is 158 Å². The summed E-state index contributed by atoms with van der Waals surface area (Å²) in [6.07, 6.45) is 1.60. The first kappa shape index (κ1) is 19.6. The summed E-state index contributed by atoms with van der Waals surface area (Å²) in [7, 11) is 0. The van der Waals surface area contributed by atoms with Crippen LogP contribution in [0.2, 0.25) is 0 Å². The Morgan fingerprint density at radius 3 is 2.52 bits per heavy atom. The number of carbonyl (C=O) groups excluding carboxylic acids is 2. The lowest BCUT2D eigenvalue weighted by Gasteiger charge is -2.37. The molecule has 5 nitrogen and oxygen atoms in total. The van der Waals surface area contributed by atoms with Crippen LogP contribution in [0.5, 0.6) is 0 Å². The second-order valence-electron chi connectivity index (χ2n) is 8.01. The smallest absolute Gasteiger partial charge is 0.410 e. The summed E-state index contributed by atoms with van der Waals surface area (Å²) in [4.78, 5) is 28.0. The summed E-state index contributed by atoms with van der Waals surface area (Å²) in [6.45, 7) is 7.54. The Morgan fingerprint density at radius 2 is 1.89 bits per heavy atom.